The lowest BCUT2D eigenvalue weighted by atomic mass is 9.90. The average Bonchev–Trinajstić information content (AvgIpc) is 3.29. The molecular weight excluding hydrogens is 456 g/mol. The van der Waals surface area contributed by atoms with Gasteiger partial charge in [0.05, 0.1) is 29.1 Å². The van der Waals surface area contributed by atoms with Gasteiger partial charge in [-0.15, -0.1) is 10.2 Å². The molecule has 0 spiro atoms. The third kappa shape index (κ3) is 6.75. The highest BCUT2D eigenvalue weighted by Crippen LogP contribution is 2.29. The summed E-state index contributed by atoms with van der Waals surface area (Å²) in [4.78, 5) is 14.1. The van der Waals surface area contributed by atoms with Gasteiger partial charge in [-0.2, -0.15) is 5.10 Å². The first kappa shape index (κ1) is 26.5. The van der Waals surface area contributed by atoms with Crippen molar-refractivity contribution >= 4 is 17.5 Å². The van der Waals surface area contributed by atoms with Gasteiger partial charge in [0.2, 0.25) is 0 Å². The number of carbonyl (C=O) groups is 1. The van der Waals surface area contributed by atoms with Crippen molar-refractivity contribution in [2.24, 2.45) is 5.92 Å². The molecule has 0 bridgehead atoms. The third-order valence-electron chi connectivity index (χ3n) is 5.93. The zero-order valence-electron chi connectivity index (χ0n) is 21.4. The molecule has 1 saturated heterocycles. The number of aliphatic hydroxyl groups is 1. The van der Waals surface area contributed by atoms with E-state index in [9.17, 15) is 9.90 Å². The van der Waals surface area contributed by atoms with E-state index in [1.165, 1.54) is 6.08 Å². The minimum absolute atomic E-state index is 0.153. The molecule has 1 aliphatic rings. The van der Waals surface area contributed by atoms with Crippen LogP contribution in [0.15, 0.2) is 49.5 Å². The van der Waals surface area contributed by atoms with Crippen molar-refractivity contribution in [1.82, 2.24) is 24.9 Å². The number of anilines is 1. The van der Waals surface area contributed by atoms with E-state index in [1.54, 1.807) is 23.2 Å². The summed E-state index contributed by atoms with van der Waals surface area (Å²) in [7, 11) is 0. The first-order valence-corrected chi connectivity index (χ1v) is 11.9. The summed E-state index contributed by atoms with van der Waals surface area (Å²) in [6, 6.07) is 1.81. The van der Waals surface area contributed by atoms with E-state index in [-0.39, 0.29) is 23.7 Å². The predicted octanol–water partition coefficient (Wildman–Crippen LogP) is 4.50. The Kier molecular flexibility index (Phi) is 8.20. The largest absolute Gasteiger partial charge is 0.508 e. The molecule has 9 heteroatoms. The van der Waals surface area contributed by atoms with E-state index in [0.29, 0.717) is 35.8 Å². The van der Waals surface area contributed by atoms with E-state index in [1.807, 2.05) is 31.6 Å². The van der Waals surface area contributed by atoms with Crippen LogP contribution in [0.3, 0.4) is 0 Å². The highest BCUT2D eigenvalue weighted by molar-refractivity contribution is 5.76. The van der Waals surface area contributed by atoms with E-state index >= 15 is 0 Å². The van der Waals surface area contributed by atoms with Gasteiger partial charge in [-0.25, -0.2) is 4.79 Å². The molecular formula is C27H34N6O3. The number of likely N-dealkylation sites (tertiary alicyclic amines) is 1. The predicted molar refractivity (Wildman–Crippen MR) is 140 cm³/mol. The fourth-order valence-corrected chi connectivity index (χ4v) is 3.95. The Balaban J connectivity index is 1.68. The summed E-state index contributed by atoms with van der Waals surface area (Å²) < 4.78 is 7.40. The molecule has 1 atom stereocenters. The first-order valence-electron chi connectivity index (χ1n) is 11.9. The van der Waals surface area contributed by atoms with Crippen LogP contribution in [-0.4, -0.2) is 54.8 Å². The Morgan fingerprint density at radius 3 is 2.61 bits per heavy atom. The molecule has 3 N–H and O–H groups in total. The molecule has 1 amide bonds. The van der Waals surface area contributed by atoms with Crippen molar-refractivity contribution < 1.29 is 14.6 Å². The van der Waals surface area contributed by atoms with E-state index in [0.717, 1.165) is 18.4 Å². The van der Waals surface area contributed by atoms with Crippen LogP contribution >= 0.6 is 0 Å². The lowest BCUT2D eigenvalue weighted by Gasteiger charge is -2.35. The van der Waals surface area contributed by atoms with Gasteiger partial charge >= 0.3 is 6.09 Å². The fourth-order valence-electron chi connectivity index (χ4n) is 3.95. The number of rotatable bonds is 5. The highest BCUT2D eigenvalue weighted by Gasteiger charge is 2.30. The number of hydrogen-bond donors (Lipinski definition) is 2. The summed E-state index contributed by atoms with van der Waals surface area (Å²) in [6.07, 6.45) is 8.22. The topological polar surface area (TPSA) is 119 Å². The number of nitrogen functional groups attached to an aromatic ring is 1. The maximum Gasteiger partial charge on any atom is 0.410 e. The van der Waals surface area contributed by atoms with Gasteiger partial charge in [0.1, 0.15) is 11.4 Å². The number of carbonyl (C=O) groups excluding carboxylic acids is 1. The first-order chi connectivity index (χ1) is 17.0. The van der Waals surface area contributed by atoms with Crippen molar-refractivity contribution in [3.63, 3.8) is 0 Å². The second-order valence-corrected chi connectivity index (χ2v) is 9.80. The molecule has 0 aromatic carbocycles. The van der Waals surface area contributed by atoms with Gasteiger partial charge in [0.25, 0.3) is 0 Å². The molecule has 2 aromatic heterocycles. The van der Waals surface area contributed by atoms with Crippen LogP contribution in [-0.2, 0) is 4.74 Å². The van der Waals surface area contributed by atoms with Gasteiger partial charge < -0.3 is 20.5 Å². The second-order valence-electron chi connectivity index (χ2n) is 9.80. The molecule has 0 saturated carbocycles. The Bertz CT molecular complexity index is 1220. The Morgan fingerprint density at radius 1 is 1.31 bits per heavy atom. The quantitative estimate of drug-likeness (QED) is 0.360. The lowest BCUT2D eigenvalue weighted by molar-refractivity contribution is 0.0163. The summed E-state index contributed by atoms with van der Waals surface area (Å²) in [6.45, 7) is 16.3. The molecule has 3 rings (SSSR count). The summed E-state index contributed by atoms with van der Waals surface area (Å²) in [5, 5.41) is 22.3. The Hall–Kier alpha value is -4.06. The van der Waals surface area contributed by atoms with Gasteiger partial charge in [-0.05, 0) is 58.6 Å². The Morgan fingerprint density at radius 2 is 2.00 bits per heavy atom. The molecule has 0 aliphatic carbocycles. The number of piperidine rings is 1. The van der Waals surface area contributed by atoms with Gasteiger partial charge in [0, 0.05) is 24.9 Å². The van der Waals surface area contributed by atoms with Crippen molar-refractivity contribution in [3.05, 3.63) is 66.3 Å². The Labute approximate surface area is 212 Å². The van der Waals surface area contributed by atoms with Crippen LogP contribution in [0, 0.1) is 17.8 Å². The summed E-state index contributed by atoms with van der Waals surface area (Å²) in [5.41, 5.74) is 7.46. The van der Waals surface area contributed by atoms with Crippen LogP contribution in [0.1, 0.15) is 63.4 Å². The minimum atomic E-state index is -0.496. The normalized spacial score (nSPS) is 15.6. The van der Waals surface area contributed by atoms with Gasteiger partial charge in [-0.1, -0.05) is 31.1 Å². The highest BCUT2D eigenvalue weighted by atomic mass is 16.6. The summed E-state index contributed by atoms with van der Waals surface area (Å²) in [5.74, 6) is 6.51. The van der Waals surface area contributed by atoms with Crippen molar-refractivity contribution in [2.75, 3.05) is 18.8 Å². The molecule has 1 unspecified atom stereocenters. The monoisotopic (exact) mass is 490 g/mol. The van der Waals surface area contributed by atoms with E-state index < -0.39 is 5.60 Å². The molecule has 190 valence electrons. The van der Waals surface area contributed by atoms with Crippen molar-refractivity contribution in [2.45, 2.75) is 52.2 Å². The molecule has 9 nitrogen and oxygen atoms in total. The summed E-state index contributed by atoms with van der Waals surface area (Å²) >= 11 is 0. The zero-order chi connectivity index (χ0) is 26.5. The van der Waals surface area contributed by atoms with Gasteiger partial charge in [0.15, 0.2) is 5.82 Å². The number of allylic oxidation sites excluding steroid dienone is 3. The fraction of sp³-hybridized carbons (Fsp3) is 0.407. The van der Waals surface area contributed by atoms with Crippen LogP contribution < -0.4 is 5.73 Å². The standard InChI is InChI=1S/C27H34N6O3/c1-7-8-23(19(3)34)24-15-22(25(28)31-30-24)10-9-20-16-29-33(17-20)18(2)21-11-13-32(14-12-21)26(35)36-27(4,5)6/h7-8,15-18,21,34H,1,3,11-14H2,2,4-6H3,(H2,28,31)/b23-8+. The lowest BCUT2D eigenvalue weighted by Crippen LogP contribution is -2.42. The number of aromatic nitrogens is 4. The number of hydrogen-bond acceptors (Lipinski definition) is 7. The maximum absolute atomic E-state index is 12.3. The number of ether oxygens (including phenoxy) is 1. The molecule has 1 fully saturated rings. The van der Waals surface area contributed by atoms with Crippen LogP contribution in [0.2, 0.25) is 0 Å². The van der Waals surface area contributed by atoms with E-state index in [4.69, 9.17) is 10.5 Å². The molecule has 1 aliphatic heterocycles. The number of amides is 1. The molecule has 2 aromatic rings. The number of aliphatic hydroxyl groups excluding tert-OH is 1. The van der Waals surface area contributed by atoms with Gasteiger partial charge in [-0.3, -0.25) is 4.68 Å². The SMILES string of the molecule is C=C/C=C(\C(=C)O)c1cc(C#Cc2cnn(C(C)C3CCN(C(=O)OC(C)(C)C)CC3)c2)c(N)nn1. The zero-order valence-corrected chi connectivity index (χ0v) is 21.4. The molecule has 0 radical (unpaired) electrons. The molecule has 3 heterocycles. The van der Waals surface area contributed by atoms with Crippen molar-refractivity contribution in [1.29, 1.82) is 0 Å². The number of nitrogens with zero attached hydrogens (tertiary/aromatic N) is 5. The minimum Gasteiger partial charge on any atom is -0.508 e. The number of nitrogens with two attached hydrogens (primary N) is 1. The van der Waals surface area contributed by atoms with Crippen molar-refractivity contribution in [3.8, 4) is 11.8 Å². The van der Waals surface area contributed by atoms with Crippen LogP contribution in [0.4, 0.5) is 10.6 Å². The van der Waals surface area contributed by atoms with Crippen LogP contribution in [0.25, 0.3) is 5.57 Å². The average molecular weight is 491 g/mol. The second kappa shape index (κ2) is 11.1. The molecule has 36 heavy (non-hydrogen) atoms. The maximum atomic E-state index is 12.3. The third-order valence-corrected chi connectivity index (χ3v) is 5.93. The van der Waals surface area contributed by atoms with Crippen LogP contribution in [0.5, 0.6) is 0 Å². The van der Waals surface area contributed by atoms with E-state index in [2.05, 4.69) is 47.2 Å². The smallest absolute Gasteiger partial charge is 0.410 e.